The van der Waals surface area contributed by atoms with E-state index in [4.69, 9.17) is 0 Å². The van der Waals surface area contributed by atoms with Gasteiger partial charge in [0, 0.05) is 17.8 Å². The van der Waals surface area contributed by atoms with Gasteiger partial charge in [0.15, 0.2) is 0 Å². The molecule has 2 unspecified atom stereocenters. The molecule has 1 aliphatic heterocycles. The van der Waals surface area contributed by atoms with Crippen molar-refractivity contribution in [2.24, 2.45) is 0 Å². The highest BCUT2D eigenvalue weighted by atomic mass is 16.6. The molecule has 1 heterocycles. The van der Waals surface area contributed by atoms with Crippen LogP contribution >= 0.6 is 0 Å². The number of rotatable bonds is 5. The van der Waals surface area contributed by atoms with Crippen molar-refractivity contribution in [3.05, 3.63) is 33.9 Å². The second-order valence-electron chi connectivity index (χ2n) is 4.70. The minimum Gasteiger partial charge on any atom is -0.382 e. The van der Waals surface area contributed by atoms with Crippen molar-refractivity contribution >= 4 is 17.8 Å². The van der Waals surface area contributed by atoms with Gasteiger partial charge in [-0.05, 0) is 18.9 Å². The van der Waals surface area contributed by atoms with Crippen LogP contribution in [0.25, 0.3) is 0 Å². The maximum Gasteiger partial charge on any atom is 0.276 e. The van der Waals surface area contributed by atoms with Gasteiger partial charge >= 0.3 is 0 Å². The third kappa shape index (κ3) is 2.67. The number of nitrogens with one attached hydrogen (secondary N) is 2. The third-order valence-corrected chi connectivity index (χ3v) is 3.41. The lowest BCUT2D eigenvalue weighted by Crippen LogP contribution is -2.34. The van der Waals surface area contributed by atoms with Crippen LogP contribution in [0.4, 0.5) is 11.4 Å². The monoisotopic (exact) mass is 263 g/mol. The number of carbonyl (C=O) groups excluding carboxylic acids is 1. The van der Waals surface area contributed by atoms with Crippen molar-refractivity contribution in [1.29, 1.82) is 0 Å². The molecule has 2 rings (SSSR count). The molecule has 0 bridgehead atoms. The number of hydrogen-bond acceptors (Lipinski definition) is 4. The molecule has 1 aromatic carbocycles. The number of nitrogens with zero attached hydrogens (tertiary/aromatic N) is 1. The highest BCUT2D eigenvalue weighted by molar-refractivity contribution is 5.65. The summed E-state index contributed by atoms with van der Waals surface area (Å²) < 4.78 is 0. The minimum absolute atomic E-state index is 0.0549. The first kappa shape index (κ1) is 13.3. The molecule has 0 saturated carbocycles. The first-order valence-corrected chi connectivity index (χ1v) is 6.41. The van der Waals surface area contributed by atoms with E-state index in [-0.39, 0.29) is 17.8 Å². The zero-order valence-corrected chi connectivity index (χ0v) is 10.8. The van der Waals surface area contributed by atoms with E-state index in [1.165, 1.54) is 6.07 Å². The van der Waals surface area contributed by atoms with Gasteiger partial charge in [0.1, 0.15) is 0 Å². The summed E-state index contributed by atoms with van der Waals surface area (Å²) >= 11 is 0. The Hall–Kier alpha value is -2.11. The van der Waals surface area contributed by atoms with E-state index >= 15 is 0 Å². The molecule has 0 aliphatic carbocycles. The fourth-order valence-electron chi connectivity index (χ4n) is 2.66. The molecule has 6 heteroatoms. The standard InChI is InChI=1S/C13H17N3O3/c1-2-4-9-7-11(14-8-17)13-10(15-9)5-3-6-12(13)16(18)19/h3,5-6,8-9,11,15H,2,4,7H2,1H3,(H,14,17). The molecule has 1 aromatic rings. The Bertz CT molecular complexity index is 490. The molecular formula is C13H17N3O3. The van der Waals surface area contributed by atoms with Gasteiger partial charge in [-0.15, -0.1) is 0 Å². The quantitative estimate of drug-likeness (QED) is 0.485. The molecule has 0 spiro atoms. The van der Waals surface area contributed by atoms with Crippen LogP contribution in [-0.2, 0) is 4.79 Å². The second kappa shape index (κ2) is 5.69. The lowest BCUT2D eigenvalue weighted by molar-refractivity contribution is -0.385. The summed E-state index contributed by atoms with van der Waals surface area (Å²) in [4.78, 5) is 21.4. The average molecular weight is 263 g/mol. The van der Waals surface area contributed by atoms with E-state index in [0.717, 1.165) is 18.5 Å². The van der Waals surface area contributed by atoms with Gasteiger partial charge in [0.2, 0.25) is 6.41 Å². The molecule has 6 nitrogen and oxygen atoms in total. The van der Waals surface area contributed by atoms with Crippen LogP contribution in [0.5, 0.6) is 0 Å². The predicted octanol–water partition coefficient (Wildman–Crippen LogP) is 2.37. The smallest absolute Gasteiger partial charge is 0.276 e. The molecule has 1 aliphatic rings. The fourth-order valence-corrected chi connectivity index (χ4v) is 2.66. The lowest BCUT2D eigenvalue weighted by Gasteiger charge is -2.32. The van der Waals surface area contributed by atoms with Gasteiger partial charge in [0.25, 0.3) is 5.69 Å². The van der Waals surface area contributed by atoms with Crippen LogP contribution in [-0.4, -0.2) is 17.4 Å². The molecule has 102 valence electrons. The molecule has 0 aromatic heterocycles. The first-order valence-electron chi connectivity index (χ1n) is 6.41. The zero-order valence-electron chi connectivity index (χ0n) is 10.8. The molecule has 2 atom stereocenters. The minimum atomic E-state index is -0.403. The van der Waals surface area contributed by atoms with Crippen molar-refractivity contribution < 1.29 is 9.72 Å². The molecular weight excluding hydrogens is 246 g/mol. The average Bonchev–Trinajstić information content (AvgIpc) is 2.38. The zero-order chi connectivity index (χ0) is 13.8. The van der Waals surface area contributed by atoms with Crippen molar-refractivity contribution in [2.75, 3.05) is 5.32 Å². The Morgan fingerprint density at radius 3 is 3.00 bits per heavy atom. The summed E-state index contributed by atoms with van der Waals surface area (Å²) in [6, 6.07) is 4.89. The Morgan fingerprint density at radius 1 is 1.58 bits per heavy atom. The number of fused-ring (bicyclic) bond motifs is 1. The van der Waals surface area contributed by atoms with Crippen molar-refractivity contribution in [2.45, 2.75) is 38.3 Å². The summed E-state index contributed by atoms with van der Waals surface area (Å²) in [6.07, 6.45) is 3.28. The van der Waals surface area contributed by atoms with Crippen LogP contribution in [0.2, 0.25) is 0 Å². The lowest BCUT2D eigenvalue weighted by atomic mass is 9.90. The largest absolute Gasteiger partial charge is 0.382 e. The van der Waals surface area contributed by atoms with Crippen molar-refractivity contribution in [3.8, 4) is 0 Å². The number of nitro benzene ring substituents is 1. The summed E-state index contributed by atoms with van der Waals surface area (Å²) in [5.41, 5.74) is 1.38. The summed E-state index contributed by atoms with van der Waals surface area (Å²) in [7, 11) is 0. The van der Waals surface area contributed by atoms with Crippen LogP contribution in [0.1, 0.15) is 37.8 Å². The highest BCUT2D eigenvalue weighted by Crippen LogP contribution is 2.39. The maximum atomic E-state index is 11.1. The first-order chi connectivity index (χ1) is 9.17. The van der Waals surface area contributed by atoms with E-state index in [2.05, 4.69) is 17.6 Å². The van der Waals surface area contributed by atoms with E-state index in [1.807, 2.05) is 6.07 Å². The number of nitro groups is 1. The molecule has 1 amide bonds. The van der Waals surface area contributed by atoms with Crippen LogP contribution in [0.3, 0.4) is 0 Å². The number of benzene rings is 1. The topological polar surface area (TPSA) is 84.3 Å². The van der Waals surface area contributed by atoms with Crippen molar-refractivity contribution in [1.82, 2.24) is 5.32 Å². The second-order valence-corrected chi connectivity index (χ2v) is 4.70. The molecule has 0 saturated heterocycles. The van der Waals surface area contributed by atoms with E-state index in [0.29, 0.717) is 18.4 Å². The predicted molar refractivity (Wildman–Crippen MR) is 72.0 cm³/mol. The highest BCUT2D eigenvalue weighted by Gasteiger charge is 2.31. The normalized spacial score (nSPS) is 21.1. The maximum absolute atomic E-state index is 11.1. The van der Waals surface area contributed by atoms with E-state index in [1.54, 1.807) is 6.07 Å². The molecule has 2 N–H and O–H groups in total. The summed E-state index contributed by atoms with van der Waals surface area (Å²) in [6.45, 7) is 2.09. The van der Waals surface area contributed by atoms with Gasteiger partial charge in [0.05, 0.1) is 16.5 Å². The van der Waals surface area contributed by atoms with Crippen molar-refractivity contribution in [3.63, 3.8) is 0 Å². The molecule has 0 radical (unpaired) electrons. The Morgan fingerprint density at radius 2 is 2.37 bits per heavy atom. The van der Waals surface area contributed by atoms with E-state index in [9.17, 15) is 14.9 Å². The Labute approximate surface area is 111 Å². The molecule has 19 heavy (non-hydrogen) atoms. The van der Waals surface area contributed by atoms with Gasteiger partial charge in [-0.25, -0.2) is 0 Å². The van der Waals surface area contributed by atoms with Crippen LogP contribution < -0.4 is 10.6 Å². The van der Waals surface area contributed by atoms with Gasteiger partial charge in [-0.3, -0.25) is 14.9 Å². The molecule has 0 fully saturated rings. The summed E-state index contributed by atoms with van der Waals surface area (Å²) in [5.74, 6) is 0. The summed E-state index contributed by atoms with van der Waals surface area (Å²) in [5, 5.41) is 17.1. The third-order valence-electron chi connectivity index (χ3n) is 3.41. The van der Waals surface area contributed by atoms with Crippen LogP contribution in [0.15, 0.2) is 18.2 Å². The number of amides is 1. The Kier molecular flexibility index (Phi) is 3.99. The van der Waals surface area contributed by atoms with Gasteiger partial charge < -0.3 is 10.6 Å². The van der Waals surface area contributed by atoms with Gasteiger partial charge in [-0.1, -0.05) is 19.4 Å². The number of carbonyl (C=O) groups is 1. The Balaban J connectivity index is 2.42. The number of hydrogen-bond donors (Lipinski definition) is 2. The fraction of sp³-hybridized carbons (Fsp3) is 0.462. The van der Waals surface area contributed by atoms with Crippen LogP contribution in [0, 0.1) is 10.1 Å². The van der Waals surface area contributed by atoms with E-state index < -0.39 is 4.92 Å². The number of anilines is 1. The van der Waals surface area contributed by atoms with Gasteiger partial charge in [-0.2, -0.15) is 0 Å². The SMILES string of the molecule is CCCC1CC(NC=O)c2c(cccc2[N+](=O)[O-])N1.